The second kappa shape index (κ2) is 5.96. The van der Waals surface area contributed by atoms with Crippen molar-refractivity contribution in [3.05, 3.63) is 35.5 Å². The molecule has 0 saturated carbocycles. The first kappa shape index (κ1) is 14.4. The van der Waals surface area contributed by atoms with Crippen molar-refractivity contribution in [2.45, 2.75) is 0 Å². The zero-order valence-electron chi connectivity index (χ0n) is 11.9. The average Bonchev–Trinajstić information content (AvgIpc) is 2.86. The van der Waals surface area contributed by atoms with Gasteiger partial charge >= 0.3 is 0 Å². The summed E-state index contributed by atoms with van der Waals surface area (Å²) in [5.41, 5.74) is 0.684. The molecule has 0 aliphatic heterocycles. The van der Waals surface area contributed by atoms with Crippen LogP contribution in [0.3, 0.4) is 0 Å². The molecule has 0 atom stereocenters. The van der Waals surface area contributed by atoms with Crippen LogP contribution < -0.4 is 14.8 Å². The molecular weight excluding hydrogens is 272 g/mol. The summed E-state index contributed by atoms with van der Waals surface area (Å²) in [5, 5.41) is 15.6. The van der Waals surface area contributed by atoms with Crippen LogP contribution in [0.4, 0.5) is 5.82 Å². The lowest BCUT2D eigenvalue weighted by Gasteiger charge is -2.10. The van der Waals surface area contributed by atoms with Crippen LogP contribution in [-0.2, 0) is 7.05 Å². The lowest BCUT2D eigenvalue weighted by atomic mass is 10.2. The fraction of sp³-hybridized carbons (Fsp3) is 0.214. The first-order chi connectivity index (χ1) is 10.1. The van der Waals surface area contributed by atoms with Gasteiger partial charge in [-0.05, 0) is 18.2 Å². The summed E-state index contributed by atoms with van der Waals surface area (Å²) in [5.74, 6) is 0.969. The summed E-state index contributed by atoms with van der Waals surface area (Å²) in [6, 6.07) is 6.79. The molecule has 0 unspecified atom stereocenters. The standard InChI is InChI=1S/C14H14N4O3/c1-18-13(10(7-15)8-16-18)17-14(19)9-4-5-11(20-2)12(6-9)21-3/h4-6,8H,1-3H3,(H,17,19). The molecule has 1 N–H and O–H groups in total. The molecule has 7 heteroatoms. The molecule has 1 aromatic carbocycles. The fourth-order valence-electron chi connectivity index (χ4n) is 1.82. The molecule has 0 fully saturated rings. The van der Waals surface area contributed by atoms with Crippen molar-refractivity contribution in [3.63, 3.8) is 0 Å². The van der Waals surface area contributed by atoms with Crippen molar-refractivity contribution in [2.75, 3.05) is 19.5 Å². The SMILES string of the molecule is COc1ccc(C(=O)Nc2c(C#N)cnn2C)cc1OC. The maximum atomic E-state index is 12.2. The van der Waals surface area contributed by atoms with Gasteiger partial charge in [-0.3, -0.25) is 9.48 Å². The van der Waals surface area contributed by atoms with Gasteiger partial charge in [0.25, 0.3) is 5.91 Å². The monoisotopic (exact) mass is 286 g/mol. The lowest BCUT2D eigenvalue weighted by molar-refractivity contribution is 0.102. The van der Waals surface area contributed by atoms with Crippen LogP contribution in [0.1, 0.15) is 15.9 Å². The average molecular weight is 286 g/mol. The molecule has 0 spiro atoms. The van der Waals surface area contributed by atoms with E-state index in [2.05, 4.69) is 10.4 Å². The van der Waals surface area contributed by atoms with Gasteiger partial charge in [-0.15, -0.1) is 0 Å². The third-order valence-corrected chi connectivity index (χ3v) is 2.94. The van der Waals surface area contributed by atoms with E-state index in [1.807, 2.05) is 6.07 Å². The van der Waals surface area contributed by atoms with Crippen LogP contribution in [0.25, 0.3) is 0 Å². The fourth-order valence-corrected chi connectivity index (χ4v) is 1.82. The van der Waals surface area contributed by atoms with Gasteiger partial charge in [0, 0.05) is 12.6 Å². The molecule has 2 aromatic rings. The van der Waals surface area contributed by atoms with E-state index < -0.39 is 0 Å². The molecule has 108 valence electrons. The quantitative estimate of drug-likeness (QED) is 0.921. The Morgan fingerprint density at radius 2 is 2.05 bits per heavy atom. The predicted octanol–water partition coefficient (Wildman–Crippen LogP) is 1.56. The van der Waals surface area contributed by atoms with Gasteiger partial charge in [0.05, 0.1) is 20.4 Å². The Kier molecular flexibility index (Phi) is 4.09. The van der Waals surface area contributed by atoms with Crippen molar-refractivity contribution < 1.29 is 14.3 Å². The van der Waals surface area contributed by atoms with Crippen molar-refractivity contribution >= 4 is 11.7 Å². The van der Waals surface area contributed by atoms with Gasteiger partial charge in [-0.1, -0.05) is 0 Å². The summed E-state index contributed by atoms with van der Waals surface area (Å²) in [6.45, 7) is 0. The number of aromatic nitrogens is 2. The number of methoxy groups -OCH3 is 2. The highest BCUT2D eigenvalue weighted by Crippen LogP contribution is 2.28. The topological polar surface area (TPSA) is 89.2 Å². The first-order valence-corrected chi connectivity index (χ1v) is 6.06. The van der Waals surface area contributed by atoms with Crippen LogP contribution in [0, 0.1) is 11.3 Å². The number of ether oxygens (including phenoxy) is 2. The summed E-state index contributed by atoms with van der Waals surface area (Å²) < 4.78 is 11.7. The second-order valence-corrected chi connectivity index (χ2v) is 4.17. The van der Waals surface area contributed by atoms with E-state index in [9.17, 15) is 4.79 Å². The Balaban J connectivity index is 2.29. The molecule has 2 rings (SSSR count). The zero-order valence-corrected chi connectivity index (χ0v) is 11.9. The minimum atomic E-state index is -0.365. The molecule has 7 nitrogen and oxygen atoms in total. The van der Waals surface area contributed by atoms with E-state index in [-0.39, 0.29) is 5.91 Å². The van der Waals surface area contributed by atoms with Crippen molar-refractivity contribution in [1.29, 1.82) is 5.26 Å². The first-order valence-electron chi connectivity index (χ1n) is 6.06. The molecule has 1 heterocycles. The number of hydrogen-bond donors (Lipinski definition) is 1. The molecule has 1 aromatic heterocycles. The summed E-state index contributed by atoms with van der Waals surface area (Å²) in [7, 11) is 4.66. The maximum absolute atomic E-state index is 12.2. The Labute approximate surface area is 121 Å². The number of nitrogens with zero attached hydrogens (tertiary/aromatic N) is 3. The van der Waals surface area contributed by atoms with Crippen LogP contribution in [-0.4, -0.2) is 29.9 Å². The van der Waals surface area contributed by atoms with Crippen LogP contribution in [0.2, 0.25) is 0 Å². The molecule has 0 aliphatic rings. The number of anilines is 1. The van der Waals surface area contributed by atoms with Gasteiger partial charge in [-0.2, -0.15) is 10.4 Å². The highest BCUT2D eigenvalue weighted by Gasteiger charge is 2.15. The minimum absolute atomic E-state index is 0.298. The van der Waals surface area contributed by atoms with Gasteiger partial charge in [0.1, 0.15) is 17.5 Å². The van der Waals surface area contributed by atoms with Gasteiger partial charge < -0.3 is 14.8 Å². The molecule has 0 bridgehead atoms. The molecular formula is C14H14N4O3. The number of nitrogens with one attached hydrogen (secondary N) is 1. The van der Waals surface area contributed by atoms with Gasteiger partial charge in [-0.25, -0.2) is 0 Å². The molecule has 21 heavy (non-hydrogen) atoms. The Morgan fingerprint density at radius 3 is 2.67 bits per heavy atom. The Bertz CT molecular complexity index is 715. The summed E-state index contributed by atoms with van der Waals surface area (Å²) in [4.78, 5) is 12.2. The normalized spacial score (nSPS) is 9.81. The van der Waals surface area contributed by atoms with Crippen molar-refractivity contribution in [2.24, 2.45) is 7.05 Å². The largest absolute Gasteiger partial charge is 0.493 e. The highest BCUT2D eigenvalue weighted by molar-refractivity contribution is 6.04. The van der Waals surface area contributed by atoms with E-state index in [0.717, 1.165) is 0 Å². The Morgan fingerprint density at radius 1 is 1.33 bits per heavy atom. The van der Waals surface area contributed by atoms with Crippen molar-refractivity contribution in [1.82, 2.24) is 9.78 Å². The number of rotatable bonds is 4. The number of hydrogen-bond acceptors (Lipinski definition) is 5. The van der Waals surface area contributed by atoms with Gasteiger partial charge in [0.2, 0.25) is 0 Å². The van der Waals surface area contributed by atoms with Crippen molar-refractivity contribution in [3.8, 4) is 17.6 Å². The van der Waals surface area contributed by atoms with E-state index in [1.165, 1.54) is 25.1 Å². The summed E-state index contributed by atoms with van der Waals surface area (Å²) in [6.07, 6.45) is 1.39. The smallest absolute Gasteiger partial charge is 0.256 e. The van der Waals surface area contributed by atoms with Crippen LogP contribution in [0.5, 0.6) is 11.5 Å². The number of carbonyl (C=O) groups excluding carboxylic acids is 1. The second-order valence-electron chi connectivity index (χ2n) is 4.17. The van der Waals surface area contributed by atoms with Crippen LogP contribution in [0.15, 0.2) is 24.4 Å². The zero-order chi connectivity index (χ0) is 15.4. The van der Waals surface area contributed by atoms with E-state index in [0.29, 0.717) is 28.4 Å². The van der Waals surface area contributed by atoms with Crippen LogP contribution >= 0.6 is 0 Å². The maximum Gasteiger partial charge on any atom is 0.256 e. The van der Waals surface area contributed by atoms with E-state index in [1.54, 1.807) is 25.2 Å². The third kappa shape index (κ3) is 2.79. The van der Waals surface area contributed by atoms with E-state index >= 15 is 0 Å². The molecule has 0 saturated heterocycles. The molecule has 1 amide bonds. The molecule has 0 radical (unpaired) electrons. The Hall–Kier alpha value is -3.01. The number of benzene rings is 1. The number of carbonyl (C=O) groups is 1. The summed E-state index contributed by atoms with van der Waals surface area (Å²) >= 11 is 0. The number of aryl methyl sites for hydroxylation is 1. The number of nitriles is 1. The van der Waals surface area contributed by atoms with E-state index in [4.69, 9.17) is 14.7 Å². The van der Waals surface area contributed by atoms with Gasteiger partial charge in [0.15, 0.2) is 11.5 Å². The minimum Gasteiger partial charge on any atom is -0.493 e. The number of amides is 1. The lowest BCUT2D eigenvalue weighted by Crippen LogP contribution is -2.15. The predicted molar refractivity (Wildman–Crippen MR) is 75.4 cm³/mol. The molecule has 0 aliphatic carbocycles. The highest BCUT2D eigenvalue weighted by atomic mass is 16.5. The third-order valence-electron chi connectivity index (χ3n) is 2.94.